The number of halogens is 1. The average Bonchev–Trinajstić information content (AvgIpc) is 2.32. The molecule has 0 aliphatic heterocycles. The fraction of sp³-hybridized carbons (Fsp3) is 0.583. The Labute approximate surface area is 102 Å². The van der Waals surface area contributed by atoms with Gasteiger partial charge < -0.3 is 11.1 Å². The lowest BCUT2D eigenvalue weighted by Crippen LogP contribution is -2.14. The van der Waals surface area contributed by atoms with E-state index in [1.165, 1.54) is 12.8 Å². The van der Waals surface area contributed by atoms with Crippen molar-refractivity contribution in [2.24, 2.45) is 11.7 Å². The summed E-state index contributed by atoms with van der Waals surface area (Å²) in [5.74, 6) is 1.43. The fourth-order valence-corrected chi connectivity index (χ4v) is 1.79. The van der Waals surface area contributed by atoms with Crippen LogP contribution in [-0.4, -0.2) is 11.5 Å². The van der Waals surface area contributed by atoms with Crippen molar-refractivity contribution in [1.82, 2.24) is 4.98 Å². The zero-order valence-electron chi connectivity index (χ0n) is 9.96. The molecule has 0 amide bonds. The number of aromatic nitrogens is 1. The molecule has 1 rings (SSSR count). The van der Waals surface area contributed by atoms with E-state index in [-0.39, 0.29) is 0 Å². The molecule has 0 radical (unpaired) electrons. The van der Waals surface area contributed by atoms with Gasteiger partial charge in [-0.15, -0.1) is 0 Å². The second kappa shape index (κ2) is 6.71. The van der Waals surface area contributed by atoms with Crippen molar-refractivity contribution in [3.63, 3.8) is 0 Å². The van der Waals surface area contributed by atoms with Crippen LogP contribution in [0.3, 0.4) is 0 Å². The van der Waals surface area contributed by atoms with Gasteiger partial charge in [-0.25, -0.2) is 4.98 Å². The lowest BCUT2D eigenvalue weighted by Gasteiger charge is -2.14. The summed E-state index contributed by atoms with van der Waals surface area (Å²) in [6.07, 6.45) is 4.10. The third-order valence-corrected chi connectivity index (χ3v) is 3.13. The lowest BCUT2D eigenvalue weighted by molar-refractivity contribution is 0.518. The standard InChI is InChI=1S/C12H20ClN3/c1-3-9(4-2)7-15-12-11(13)5-10(6-14)8-16-12/h5,8-9H,3-4,6-7,14H2,1-2H3,(H,15,16). The highest BCUT2D eigenvalue weighted by molar-refractivity contribution is 6.32. The third kappa shape index (κ3) is 3.65. The molecule has 0 saturated heterocycles. The predicted molar refractivity (Wildman–Crippen MR) is 69.7 cm³/mol. The molecule has 0 aliphatic carbocycles. The number of nitrogens with two attached hydrogens (primary N) is 1. The van der Waals surface area contributed by atoms with Gasteiger partial charge in [0.1, 0.15) is 5.82 Å². The van der Waals surface area contributed by atoms with Crippen molar-refractivity contribution in [2.75, 3.05) is 11.9 Å². The van der Waals surface area contributed by atoms with Gasteiger partial charge in [0.2, 0.25) is 0 Å². The van der Waals surface area contributed by atoms with Gasteiger partial charge in [-0.3, -0.25) is 0 Å². The van der Waals surface area contributed by atoms with E-state index >= 15 is 0 Å². The molecule has 0 aromatic carbocycles. The van der Waals surface area contributed by atoms with E-state index in [9.17, 15) is 0 Å². The second-order valence-electron chi connectivity index (χ2n) is 3.94. The first-order chi connectivity index (χ1) is 7.71. The van der Waals surface area contributed by atoms with Gasteiger partial charge in [-0.05, 0) is 17.5 Å². The first kappa shape index (κ1) is 13.3. The number of rotatable bonds is 6. The van der Waals surface area contributed by atoms with Gasteiger partial charge in [0, 0.05) is 19.3 Å². The van der Waals surface area contributed by atoms with Crippen LogP contribution in [0.1, 0.15) is 32.3 Å². The Bertz CT molecular complexity index is 324. The van der Waals surface area contributed by atoms with Crippen molar-refractivity contribution >= 4 is 17.4 Å². The number of hydrogen-bond donors (Lipinski definition) is 2. The maximum absolute atomic E-state index is 6.10. The highest BCUT2D eigenvalue weighted by Crippen LogP contribution is 2.20. The van der Waals surface area contributed by atoms with Crippen LogP contribution in [0.25, 0.3) is 0 Å². The van der Waals surface area contributed by atoms with Crippen LogP contribution in [0, 0.1) is 5.92 Å². The summed E-state index contributed by atoms with van der Waals surface area (Å²) in [5.41, 5.74) is 6.47. The SMILES string of the molecule is CCC(CC)CNc1ncc(CN)cc1Cl. The van der Waals surface area contributed by atoms with Gasteiger partial charge in [0.15, 0.2) is 0 Å². The minimum atomic E-state index is 0.472. The van der Waals surface area contributed by atoms with E-state index in [2.05, 4.69) is 24.1 Å². The number of pyridine rings is 1. The molecular formula is C12H20ClN3. The monoisotopic (exact) mass is 241 g/mol. The fourth-order valence-electron chi connectivity index (χ4n) is 1.54. The quantitative estimate of drug-likeness (QED) is 0.805. The van der Waals surface area contributed by atoms with Crippen molar-refractivity contribution < 1.29 is 0 Å². The molecule has 90 valence electrons. The number of hydrogen-bond acceptors (Lipinski definition) is 3. The van der Waals surface area contributed by atoms with E-state index in [4.69, 9.17) is 17.3 Å². The van der Waals surface area contributed by atoms with Crippen LogP contribution in [-0.2, 0) is 6.54 Å². The van der Waals surface area contributed by atoms with Crippen molar-refractivity contribution in [3.8, 4) is 0 Å². The Hall–Kier alpha value is -0.800. The van der Waals surface area contributed by atoms with Crippen LogP contribution in [0.2, 0.25) is 5.02 Å². The van der Waals surface area contributed by atoms with Gasteiger partial charge in [0.05, 0.1) is 5.02 Å². The summed E-state index contributed by atoms with van der Waals surface area (Å²) in [7, 11) is 0. The molecule has 1 aromatic heterocycles. The molecule has 0 saturated carbocycles. The van der Waals surface area contributed by atoms with Gasteiger partial charge in [0.25, 0.3) is 0 Å². The molecule has 0 spiro atoms. The van der Waals surface area contributed by atoms with Gasteiger partial charge >= 0.3 is 0 Å². The zero-order valence-corrected chi connectivity index (χ0v) is 10.7. The highest BCUT2D eigenvalue weighted by Gasteiger charge is 2.06. The van der Waals surface area contributed by atoms with Crippen molar-refractivity contribution in [1.29, 1.82) is 0 Å². The molecule has 16 heavy (non-hydrogen) atoms. The Kier molecular flexibility index (Phi) is 5.56. The van der Waals surface area contributed by atoms with Crippen LogP contribution in [0.5, 0.6) is 0 Å². The molecule has 0 atom stereocenters. The molecular weight excluding hydrogens is 222 g/mol. The number of nitrogens with one attached hydrogen (secondary N) is 1. The maximum atomic E-state index is 6.10. The normalized spacial score (nSPS) is 10.8. The van der Waals surface area contributed by atoms with E-state index in [0.29, 0.717) is 17.5 Å². The molecule has 3 N–H and O–H groups in total. The molecule has 0 bridgehead atoms. The summed E-state index contributed by atoms with van der Waals surface area (Å²) in [5, 5.41) is 3.93. The summed E-state index contributed by atoms with van der Waals surface area (Å²) in [6, 6.07) is 1.86. The Morgan fingerprint density at radius 3 is 2.62 bits per heavy atom. The van der Waals surface area contributed by atoms with Crippen molar-refractivity contribution in [2.45, 2.75) is 33.2 Å². The highest BCUT2D eigenvalue weighted by atomic mass is 35.5. The van der Waals surface area contributed by atoms with Crippen LogP contribution >= 0.6 is 11.6 Å². The Morgan fingerprint density at radius 2 is 2.12 bits per heavy atom. The van der Waals surface area contributed by atoms with Crippen LogP contribution < -0.4 is 11.1 Å². The summed E-state index contributed by atoms with van der Waals surface area (Å²) < 4.78 is 0. The summed E-state index contributed by atoms with van der Waals surface area (Å²) >= 11 is 6.10. The topological polar surface area (TPSA) is 50.9 Å². The van der Waals surface area contributed by atoms with Crippen LogP contribution in [0.4, 0.5) is 5.82 Å². The third-order valence-electron chi connectivity index (χ3n) is 2.85. The summed E-state index contributed by atoms with van der Waals surface area (Å²) in [4.78, 5) is 4.27. The van der Waals surface area contributed by atoms with E-state index in [0.717, 1.165) is 17.9 Å². The zero-order chi connectivity index (χ0) is 12.0. The van der Waals surface area contributed by atoms with Gasteiger partial charge in [-0.1, -0.05) is 38.3 Å². The lowest BCUT2D eigenvalue weighted by atomic mass is 10.0. The van der Waals surface area contributed by atoms with Crippen molar-refractivity contribution in [3.05, 3.63) is 22.8 Å². The minimum Gasteiger partial charge on any atom is -0.369 e. The number of anilines is 1. The second-order valence-corrected chi connectivity index (χ2v) is 4.35. The molecule has 0 aliphatic rings. The van der Waals surface area contributed by atoms with Gasteiger partial charge in [-0.2, -0.15) is 0 Å². The predicted octanol–water partition coefficient (Wildman–Crippen LogP) is 3.04. The van der Waals surface area contributed by atoms with Crippen LogP contribution in [0.15, 0.2) is 12.3 Å². The Morgan fingerprint density at radius 1 is 1.44 bits per heavy atom. The van der Waals surface area contributed by atoms with E-state index < -0.39 is 0 Å². The average molecular weight is 242 g/mol. The Balaban J connectivity index is 2.60. The molecule has 4 heteroatoms. The molecule has 1 heterocycles. The summed E-state index contributed by atoms with van der Waals surface area (Å²) in [6.45, 7) is 5.78. The maximum Gasteiger partial charge on any atom is 0.144 e. The molecule has 1 aromatic rings. The smallest absolute Gasteiger partial charge is 0.144 e. The first-order valence-electron chi connectivity index (χ1n) is 5.79. The first-order valence-corrected chi connectivity index (χ1v) is 6.17. The minimum absolute atomic E-state index is 0.472. The van der Waals surface area contributed by atoms with E-state index in [1.54, 1.807) is 6.20 Å². The number of nitrogens with zero attached hydrogens (tertiary/aromatic N) is 1. The molecule has 0 unspecified atom stereocenters. The largest absolute Gasteiger partial charge is 0.369 e. The van der Waals surface area contributed by atoms with E-state index in [1.807, 2.05) is 6.07 Å². The molecule has 3 nitrogen and oxygen atoms in total. The molecule has 0 fully saturated rings.